The largest absolute Gasteiger partial charge is 0.341 e. The fraction of sp³-hybridized carbons (Fsp3) is 0.933. The van der Waals surface area contributed by atoms with Crippen molar-refractivity contribution in [2.24, 2.45) is 29.1 Å². The number of likely N-dealkylation sites (tertiary alicyclic amines) is 1. The van der Waals surface area contributed by atoms with Crippen LogP contribution in [-0.4, -0.2) is 71.8 Å². The first-order chi connectivity index (χ1) is 16.7. The van der Waals surface area contributed by atoms with Gasteiger partial charge < -0.3 is 9.80 Å². The minimum Gasteiger partial charge on any atom is -0.341 e. The fourth-order valence-corrected chi connectivity index (χ4v) is 7.14. The van der Waals surface area contributed by atoms with Gasteiger partial charge in [0.25, 0.3) is 0 Å². The normalized spacial score (nSPS) is 27.3. The lowest BCUT2D eigenvalue weighted by molar-refractivity contribution is -0.154. The summed E-state index contributed by atoms with van der Waals surface area (Å²) >= 11 is 0. The van der Waals surface area contributed by atoms with Gasteiger partial charge in [0.15, 0.2) is 0 Å². The van der Waals surface area contributed by atoms with Gasteiger partial charge in [-0.2, -0.15) is 0 Å². The van der Waals surface area contributed by atoms with E-state index in [1.807, 2.05) is 4.90 Å². The molecule has 0 aromatic heterocycles. The first kappa shape index (κ1) is 26.9. The summed E-state index contributed by atoms with van der Waals surface area (Å²) in [5.74, 6) is 2.97. The summed E-state index contributed by atoms with van der Waals surface area (Å²) in [5.41, 5.74) is 0.800. The summed E-state index contributed by atoms with van der Waals surface area (Å²) in [6.45, 7) is 12.0. The highest BCUT2D eigenvalue weighted by Gasteiger charge is 2.45. The monoisotopic (exact) mass is 487 g/mol. The second-order valence-electron chi connectivity index (χ2n) is 13.6. The number of hydrogen-bond donors (Lipinski definition) is 0. The summed E-state index contributed by atoms with van der Waals surface area (Å²) < 4.78 is 0. The molecule has 2 amide bonds. The molecule has 4 aliphatic rings. The van der Waals surface area contributed by atoms with Crippen molar-refractivity contribution in [3.63, 3.8) is 0 Å². The van der Waals surface area contributed by atoms with Gasteiger partial charge in [0.1, 0.15) is 6.04 Å². The standard InChI is InChI=1S/C30H53N3O2/c1-22(2)20-26-29(35)33(19-18-31(26)5)27(21-23(3)4)28(34)32-16-10-25(11-17-32)7-6-24-8-12-30(13-9-24)14-15-30/h22-27H,6-21H2,1-5H3/t26-,27-/m0/s1. The van der Waals surface area contributed by atoms with Crippen LogP contribution in [0.1, 0.15) is 105 Å². The molecular formula is C30H53N3O2. The van der Waals surface area contributed by atoms with Crippen LogP contribution in [0.4, 0.5) is 0 Å². The minimum absolute atomic E-state index is 0.0912. The zero-order valence-electron chi connectivity index (χ0n) is 23.4. The molecule has 1 spiro atoms. The number of piperazine rings is 1. The molecule has 2 saturated carbocycles. The Bertz CT molecular complexity index is 713. The molecule has 2 aliphatic heterocycles. The number of hydrogen-bond acceptors (Lipinski definition) is 3. The van der Waals surface area contributed by atoms with Crippen LogP contribution < -0.4 is 0 Å². The van der Waals surface area contributed by atoms with Crippen molar-refractivity contribution in [1.29, 1.82) is 0 Å². The molecule has 2 saturated heterocycles. The van der Waals surface area contributed by atoms with Gasteiger partial charge in [-0.15, -0.1) is 0 Å². The summed E-state index contributed by atoms with van der Waals surface area (Å²) in [5, 5.41) is 0. The summed E-state index contributed by atoms with van der Waals surface area (Å²) in [7, 11) is 2.06. The van der Waals surface area contributed by atoms with Crippen molar-refractivity contribution in [1.82, 2.24) is 14.7 Å². The van der Waals surface area contributed by atoms with Crippen LogP contribution in [0, 0.1) is 29.1 Å². The van der Waals surface area contributed by atoms with Gasteiger partial charge in [0.2, 0.25) is 11.8 Å². The molecule has 0 N–H and O–H groups in total. The van der Waals surface area contributed by atoms with Crippen molar-refractivity contribution < 1.29 is 9.59 Å². The maximum Gasteiger partial charge on any atom is 0.245 e. The van der Waals surface area contributed by atoms with Gasteiger partial charge in [-0.3, -0.25) is 14.5 Å². The molecule has 0 radical (unpaired) electrons. The minimum atomic E-state index is -0.292. The Morgan fingerprint density at radius 1 is 0.857 bits per heavy atom. The second-order valence-corrected chi connectivity index (χ2v) is 13.6. The van der Waals surface area contributed by atoms with Gasteiger partial charge in [-0.25, -0.2) is 0 Å². The topological polar surface area (TPSA) is 43.9 Å². The van der Waals surface area contributed by atoms with Crippen molar-refractivity contribution in [3.05, 3.63) is 0 Å². The summed E-state index contributed by atoms with van der Waals surface area (Å²) in [4.78, 5) is 33.6. The molecular weight excluding hydrogens is 434 g/mol. The van der Waals surface area contributed by atoms with E-state index >= 15 is 0 Å². The van der Waals surface area contributed by atoms with Gasteiger partial charge in [0.05, 0.1) is 6.04 Å². The van der Waals surface area contributed by atoms with E-state index in [2.05, 4.69) is 44.5 Å². The van der Waals surface area contributed by atoms with Crippen LogP contribution in [0.25, 0.3) is 0 Å². The maximum atomic E-state index is 13.8. The highest BCUT2D eigenvalue weighted by Crippen LogP contribution is 2.57. The first-order valence-corrected chi connectivity index (χ1v) is 15.0. The molecule has 2 heterocycles. The summed E-state index contributed by atoms with van der Waals surface area (Å²) in [6.07, 6.45) is 15.6. The average molecular weight is 488 g/mol. The van der Waals surface area contributed by atoms with E-state index < -0.39 is 0 Å². The molecule has 5 heteroatoms. The molecule has 2 atom stereocenters. The van der Waals surface area contributed by atoms with Crippen LogP contribution in [0.15, 0.2) is 0 Å². The molecule has 0 aromatic carbocycles. The van der Waals surface area contributed by atoms with E-state index in [1.165, 1.54) is 51.4 Å². The number of carbonyl (C=O) groups is 2. The third-order valence-electron chi connectivity index (χ3n) is 9.88. The number of amides is 2. The lowest BCUT2D eigenvalue weighted by Crippen LogP contribution is -2.62. The molecule has 0 bridgehead atoms. The van der Waals surface area contributed by atoms with Crippen molar-refractivity contribution >= 4 is 11.8 Å². The molecule has 4 rings (SSSR count). The van der Waals surface area contributed by atoms with E-state index in [-0.39, 0.29) is 23.9 Å². The molecule has 35 heavy (non-hydrogen) atoms. The predicted octanol–water partition coefficient (Wildman–Crippen LogP) is 5.58. The van der Waals surface area contributed by atoms with Crippen LogP contribution in [0.2, 0.25) is 0 Å². The van der Waals surface area contributed by atoms with E-state index in [0.29, 0.717) is 18.4 Å². The van der Waals surface area contributed by atoms with E-state index in [0.717, 1.165) is 62.6 Å². The Morgan fingerprint density at radius 2 is 1.46 bits per heavy atom. The lowest BCUT2D eigenvalue weighted by atomic mass is 9.76. The van der Waals surface area contributed by atoms with Crippen LogP contribution in [-0.2, 0) is 9.59 Å². The third-order valence-corrected chi connectivity index (χ3v) is 9.88. The number of nitrogens with zero attached hydrogens (tertiary/aromatic N) is 3. The number of rotatable bonds is 9. The Labute approximate surface area is 215 Å². The van der Waals surface area contributed by atoms with E-state index in [1.54, 1.807) is 0 Å². The van der Waals surface area contributed by atoms with Gasteiger partial charge in [-0.1, -0.05) is 40.5 Å². The molecule has 4 fully saturated rings. The van der Waals surface area contributed by atoms with Crippen molar-refractivity contribution in [2.45, 2.75) is 117 Å². The number of likely N-dealkylation sites (N-methyl/N-ethyl adjacent to an activating group) is 1. The van der Waals surface area contributed by atoms with E-state index in [4.69, 9.17) is 0 Å². The SMILES string of the molecule is CC(C)C[C@H]1C(=O)N([C@@H](CC(C)C)C(=O)N2CCC(CCC3CCC4(CC3)CC4)CC2)CCN1C. The smallest absolute Gasteiger partial charge is 0.245 e. The van der Waals surface area contributed by atoms with E-state index in [9.17, 15) is 9.59 Å². The Morgan fingerprint density at radius 3 is 2.00 bits per heavy atom. The van der Waals surface area contributed by atoms with Crippen LogP contribution in [0.5, 0.6) is 0 Å². The summed E-state index contributed by atoms with van der Waals surface area (Å²) in [6, 6.07) is -0.383. The molecule has 0 unspecified atom stereocenters. The highest BCUT2D eigenvalue weighted by atomic mass is 16.2. The highest BCUT2D eigenvalue weighted by molar-refractivity contribution is 5.90. The second kappa shape index (κ2) is 11.5. The van der Waals surface area contributed by atoms with Crippen LogP contribution in [0.3, 0.4) is 0 Å². The Kier molecular flexibility index (Phi) is 8.87. The number of piperidine rings is 1. The predicted molar refractivity (Wildman–Crippen MR) is 143 cm³/mol. The molecule has 200 valence electrons. The first-order valence-electron chi connectivity index (χ1n) is 15.0. The lowest BCUT2D eigenvalue weighted by Gasteiger charge is -2.44. The van der Waals surface area contributed by atoms with Gasteiger partial charge >= 0.3 is 0 Å². The number of carbonyl (C=O) groups excluding carboxylic acids is 2. The zero-order valence-corrected chi connectivity index (χ0v) is 23.4. The zero-order chi connectivity index (χ0) is 25.2. The molecule has 2 aliphatic carbocycles. The van der Waals surface area contributed by atoms with Gasteiger partial charge in [-0.05, 0) is 100 Å². The molecule has 0 aromatic rings. The Hall–Kier alpha value is -1.10. The third kappa shape index (κ3) is 6.81. The molecule has 5 nitrogen and oxygen atoms in total. The van der Waals surface area contributed by atoms with Crippen LogP contribution >= 0.6 is 0 Å². The maximum absolute atomic E-state index is 13.8. The quantitative estimate of drug-likeness (QED) is 0.426. The van der Waals surface area contributed by atoms with Gasteiger partial charge in [0, 0.05) is 26.2 Å². The fourth-order valence-electron chi connectivity index (χ4n) is 7.14. The van der Waals surface area contributed by atoms with Crippen molar-refractivity contribution in [3.8, 4) is 0 Å². The average Bonchev–Trinajstić information content (AvgIpc) is 3.59. The van der Waals surface area contributed by atoms with Crippen molar-refractivity contribution in [2.75, 3.05) is 33.2 Å². The Balaban J connectivity index is 1.29.